The molecule has 3 aromatic rings. The minimum absolute atomic E-state index is 0.0833. The molecule has 0 aliphatic carbocycles. The summed E-state index contributed by atoms with van der Waals surface area (Å²) in [5, 5.41) is 4.12. The smallest absolute Gasteiger partial charge is 0.243 e. The Hall–Kier alpha value is -2.92. The number of carbonyl (C=O) groups excluding carboxylic acids is 1. The lowest BCUT2D eigenvalue weighted by Gasteiger charge is -2.33. The molecule has 1 fully saturated rings. The van der Waals surface area contributed by atoms with Gasteiger partial charge in [0.2, 0.25) is 15.9 Å². The Morgan fingerprint density at radius 3 is 2.57 bits per heavy atom. The van der Waals surface area contributed by atoms with E-state index in [-0.39, 0.29) is 29.9 Å². The first-order chi connectivity index (χ1) is 17.9. The Balaban J connectivity index is 1.39. The van der Waals surface area contributed by atoms with Crippen molar-refractivity contribution in [3.63, 3.8) is 0 Å². The topological polar surface area (TPSA) is 93.1 Å². The number of carbonyl (C=O) groups is 1. The van der Waals surface area contributed by atoms with Crippen LogP contribution in [0.25, 0.3) is 10.9 Å². The summed E-state index contributed by atoms with van der Waals surface area (Å²) >= 11 is 0. The standard InChI is InChI=1S/C27H34N4O5S/c1-20-17-24-23-5-3-4-6-25(23)30(19-27(32)28-11-12-29-13-15-36-16-14-29)26(24)18-31(20)37(33,34)22-9-7-21(35-2)8-10-22/h3-10,20H,11-19H2,1-2H3,(H,28,32)/t20-/m1/s1. The summed E-state index contributed by atoms with van der Waals surface area (Å²) in [6.07, 6.45) is 0.580. The van der Waals surface area contributed by atoms with E-state index in [4.69, 9.17) is 9.47 Å². The third-order valence-corrected chi connectivity index (χ3v) is 9.29. The van der Waals surface area contributed by atoms with Crippen molar-refractivity contribution in [2.24, 2.45) is 0 Å². The Kier molecular flexibility index (Phi) is 7.52. The molecule has 0 radical (unpaired) electrons. The number of benzene rings is 2. The van der Waals surface area contributed by atoms with E-state index in [1.165, 1.54) is 0 Å². The van der Waals surface area contributed by atoms with Gasteiger partial charge >= 0.3 is 0 Å². The Bertz CT molecular complexity index is 1360. The van der Waals surface area contributed by atoms with E-state index in [1.54, 1.807) is 35.7 Å². The molecule has 9 nitrogen and oxygen atoms in total. The number of rotatable bonds is 8. The van der Waals surface area contributed by atoms with Crippen molar-refractivity contribution in [2.45, 2.75) is 37.4 Å². The van der Waals surface area contributed by atoms with Crippen molar-refractivity contribution in [3.8, 4) is 5.75 Å². The first-order valence-electron chi connectivity index (χ1n) is 12.7. The molecule has 2 aromatic carbocycles. The van der Waals surface area contributed by atoms with Gasteiger partial charge in [-0.2, -0.15) is 4.31 Å². The maximum absolute atomic E-state index is 13.6. The van der Waals surface area contributed by atoms with E-state index < -0.39 is 10.0 Å². The zero-order valence-corrected chi connectivity index (χ0v) is 22.2. The molecule has 0 spiro atoms. The number of para-hydroxylation sites is 1. The van der Waals surface area contributed by atoms with Crippen LogP contribution in [-0.2, 0) is 39.1 Å². The maximum atomic E-state index is 13.6. The van der Waals surface area contributed by atoms with Gasteiger partial charge in [0.15, 0.2) is 0 Å². The van der Waals surface area contributed by atoms with Crippen LogP contribution in [0.15, 0.2) is 53.4 Å². The first-order valence-corrected chi connectivity index (χ1v) is 14.1. The minimum Gasteiger partial charge on any atom is -0.497 e. The Morgan fingerprint density at radius 2 is 1.84 bits per heavy atom. The molecule has 2 aliphatic heterocycles. The number of sulfonamides is 1. The SMILES string of the molecule is COc1ccc(S(=O)(=O)N2Cc3c(c4ccccc4n3CC(=O)NCCN3CCOCC3)C[C@H]2C)cc1. The van der Waals surface area contributed by atoms with Crippen LogP contribution >= 0.6 is 0 Å². The third-order valence-electron chi connectivity index (χ3n) is 7.31. The number of nitrogens with zero attached hydrogens (tertiary/aromatic N) is 3. The van der Waals surface area contributed by atoms with Gasteiger partial charge in [-0.3, -0.25) is 9.69 Å². The van der Waals surface area contributed by atoms with Crippen LogP contribution in [0.1, 0.15) is 18.2 Å². The third kappa shape index (κ3) is 5.24. The van der Waals surface area contributed by atoms with Crippen molar-refractivity contribution in [2.75, 3.05) is 46.5 Å². The lowest BCUT2D eigenvalue weighted by atomic mass is 10.00. The van der Waals surface area contributed by atoms with Crippen molar-refractivity contribution in [1.29, 1.82) is 0 Å². The zero-order chi connectivity index (χ0) is 26.0. The van der Waals surface area contributed by atoms with Crippen LogP contribution in [0.4, 0.5) is 0 Å². The first kappa shape index (κ1) is 25.7. The summed E-state index contributed by atoms with van der Waals surface area (Å²) < 4.78 is 41.4. The molecule has 0 bridgehead atoms. The summed E-state index contributed by atoms with van der Waals surface area (Å²) in [5.41, 5.74) is 2.94. The monoisotopic (exact) mass is 526 g/mol. The molecule has 1 saturated heterocycles. The van der Waals surface area contributed by atoms with Crippen LogP contribution in [0.3, 0.4) is 0 Å². The average Bonchev–Trinajstić information content (AvgIpc) is 3.21. The van der Waals surface area contributed by atoms with Gasteiger partial charge in [-0.1, -0.05) is 18.2 Å². The Labute approximate surface area is 218 Å². The number of nitrogens with one attached hydrogen (secondary N) is 1. The second kappa shape index (κ2) is 10.8. The minimum atomic E-state index is -3.74. The average molecular weight is 527 g/mol. The molecule has 3 heterocycles. The molecule has 1 aromatic heterocycles. The van der Waals surface area contributed by atoms with E-state index in [0.717, 1.165) is 55.0 Å². The molecule has 0 unspecified atom stereocenters. The number of morpholine rings is 1. The fourth-order valence-corrected chi connectivity index (χ4v) is 6.89. The maximum Gasteiger partial charge on any atom is 0.243 e. The predicted molar refractivity (Wildman–Crippen MR) is 141 cm³/mol. The molecule has 1 amide bonds. The molecule has 5 rings (SSSR count). The zero-order valence-electron chi connectivity index (χ0n) is 21.4. The van der Waals surface area contributed by atoms with Gasteiger partial charge in [0.25, 0.3) is 0 Å². The van der Waals surface area contributed by atoms with Crippen LogP contribution in [-0.4, -0.2) is 80.6 Å². The molecule has 2 aliphatic rings. The second-order valence-electron chi connectivity index (χ2n) is 9.61. The highest BCUT2D eigenvalue weighted by atomic mass is 32.2. The van der Waals surface area contributed by atoms with Crippen LogP contribution in [0.2, 0.25) is 0 Å². The molecular formula is C27H34N4O5S. The Morgan fingerprint density at radius 1 is 1.11 bits per heavy atom. The highest BCUT2D eigenvalue weighted by molar-refractivity contribution is 7.89. The number of aromatic nitrogens is 1. The molecule has 1 N–H and O–H groups in total. The number of methoxy groups -OCH3 is 1. The van der Waals surface area contributed by atoms with E-state index >= 15 is 0 Å². The molecular weight excluding hydrogens is 492 g/mol. The van der Waals surface area contributed by atoms with E-state index in [1.807, 2.05) is 29.7 Å². The van der Waals surface area contributed by atoms with Crippen LogP contribution < -0.4 is 10.1 Å². The number of amides is 1. The summed E-state index contributed by atoms with van der Waals surface area (Å²) in [6.45, 7) is 6.84. The van der Waals surface area contributed by atoms with Crippen LogP contribution in [0, 0.1) is 0 Å². The molecule has 198 valence electrons. The quantitative estimate of drug-likeness (QED) is 0.484. The van der Waals surface area contributed by atoms with Gasteiger partial charge in [-0.25, -0.2) is 8.42 Å². The molecule has 1 atom stereocenters. The van der Waals surface area contributed by atoms with E-state index in [0.29, 0.717) is 18.7 Å². The highest BCUT2D eigenvalue weighted by Gasteiger charge is 2.36. The largest absolute Gasteiger partial charge is 0.497 e. The predicted octanol–water partition coefficient (Wildman–Crippen LogP) is 2.23. The van der Waals surface area contributed by atoms with Gasteiger partial charge in [-0.15, -0.1) is 0 Å². The lowest BCUT2D eigenvalue weighted by molar-refractivity contribution is -0.121. The number of hydrogen-bond donors (Lipinski definition) is 1. The van der Waals surface area contributed by atoms with Crippen molar-refractivity contribution >= 4 is 26.8 Å². The molecule has 10 heteroatoms. The number of ether oxygens (including phenoxy) is 2. The fraction of sp³-hybridized carbons (Fsp3) is 0.444. The molecule has 37 heavy (non-hydrogen) atoms. The summed E-state index contributed by atoms with van der Waals surface area (Å²) in [7, 11) is -2.19. The van der Waals surface area contributed by atoms with Crippen molar-refractivity contribution in [3.05, 3.63) is 59.8 Å². The summed E-state index contributed by atoms with van der Waals surface area (Å²) in [4.78, 5) is 15.5. The normalized spacial score (nSPS) is 19.0. The van der Waals surface area contributed by atoms with Gasteiger partial charge in [-0.05, 0) is 49.2 Å². The summed E-state index contributed by atoms with van der Waals surface area (Å²) in [6, 6.07) is 14.2. The van der Waals surface area contributed by atoms with E-state index in [9.17, 15) is 13.2 Å². The van der Waals surface area contributed by atoms with Crippen molar-refractivity contribution in [1.82, 2.24) is 19.1 Å². The van der Waals surface area contributed by atoms with Crippen molar-refractivity contribution < 1.29 is 22.7 Å². The second-order valence-corrected chi connectivity index (χ2v) is 11.5. The van der Waals surface area contributed by atoms with E-state index in [2.05, 4.69) is 16.3 Å². The lowest BCUT2D eigenvalue weighted by Crippen LogP contribution is -2.43. The fourth-order valence-electron chi connectivity index (χ4n) is 5.30. The molecule has 0 saturated carbocycles. The number of hydrogen-bond acceptors (Lipinski definition) is 6. The number of fused-ring (bicyclic) bond motifs is 3. The van der Waals surface area contributed by atoms with Crippen LogP contribution in [0.5, 0.6) is 5.75 Å². The van der Waals surface area contributed by atoms with Gasteiger partial charge < -0.3 is 19.4 Å². The van der Waals surface area contributed by atoms with Gasteiger partial charge in [0, 0.05) is 48.8 Å². The van der Waals surface area contributed by atoms with Gasteiger partial charge in [0.1, 0.15) is 12.3 Å². The van der Waals surface area contributed by atoms with Gasteiger partial charge in [0.05, 0.1) is 31.8 Å². The highest BCUT2D eigenvalue weighted by Crippen LogP contribution is 2.35. The summed E-state index contributed by atoms with van der Waals surface area (Å²) in [5.74, 6) is 0.521.